The molecule has 0 aliphatic heterocycles. The van der Waals surface area contributed by atoms with E-state index < -0.39 is 6.04 Å². The van der Waals surface area contributed by atoms with E-state index in [1.54, 1.807) is 31.9 Å². The Balaban J connectivity index is 2.15. The highest BCUT2D eigenvalue weighted by Gasteiger charge is 2.21. The summed E-state index contributed by atoms with van der Waals surface area (Å²) in [7, 11) is 1.73. The SMILES string of the molecule is Cc1ccc(=O)n(C(C)C(=O)N(C)Cc2ccccc2)n1. The molecule has 1 heterocycles. The highest BCUT2D eigenvalue weighted by atomic mass is 16.2. The normalized spacial score (nSPS) is 12.0. The molecule has 5 heteroatoms. The molecule has 0 spiro atoms. The standard InChI is InChI=1S/C16H19N3O2/c1-12-9-10-15(20)19(17-12)13(2)16(21)18(3)11-14-7-5-4-6-8-14/h4-10,13H,11H2,1-3H3. The number of nitrogens with zero attached hydrogens (tertiary/aromatic N) is 3. The van der Waals surface area contributed by atoms with Crippen molar-refractivity contribution in [1.82, 2.24) is 14.7 Å². The highest BCUT2D eigenvalue weighted by molar-refractivity contribution is 5.79. The van der Waals surface area contributed by atoms with E-state index in [1.807, 2.05) is 30.3 Å². The molecule has 0 fully saturated rings. The molecule has 0 radical (unpaired) electrons. The number of amides is 1. The number of hydrogen-bond acceptors (Lipinski definition) is 3. The number of carbonyl (C=O) groups excluding carboxylic acids is 1. The van der Waals surface area contributed by atoms with E-state index >= 15 is 0 Å². The number of benzene rings is 1. The maximum Gasteiger partial charge on any atom is 0.267 e. The zero-order valence-electron chi connectivity index (χ0n) is 12.5. The lowest BCUT2D eigenvalue weighted by Crippen LogP contribution is -2.37. The van der Waals surface area contributed by atoms with Crippen molar-refractivity contribution in [3.8, 4) is 0 Å². The van der Waals surface area contributed by atoms with E-state index in [9.17, 15) is 9.59 Å². The Morgan fingerprint density at radius 3 is 2.57 bits per heavy atom. The molecule has 0 N–H and O–H groups in total. The molecule has 0 saturated carbocycles. The van der Waals surface area contributed by atoms with Crippen LogP contribution in [0.25, 0.3) is 0 Å². The summed E-state index contributed by atoms with van der Waals surface area (Å²) in [5, 5.41) is 4.14. The molecule has 1 amide bonds. The number of likely N-dealkylation sites (N-methyl/N-ethyl adjacent to an activating group) is 1. The van der Waals surface area contributed by atoms with Crippen LogP contribution in [0, 0.1) is 6.92 Å². The van der Waals surface area contributed by atoms with Crippen LogP contribution in [0.15, 0.2) is 47.3 Å². The minimum atomic E-state index is -0.619. The molecule has 1 aromatic heterocycles. The van der Waals surface area contributed by atoms with Gasteiger partial charge in [-0.1, -0.05) is 30.3 Å². The van der Waals surface area contributed by atoms with Gasteiger partial charge < -0.3 is 4.90 Å². The van der Waals surface area contributed by atoms with Crippen molar-refractivity contribution >= 4 is 5.91 Å². The van der Waals surface area contributed by atoms with Crippen molar-refractivity contribution in [2.24, 2.45) is 0 Å². The minimum absolute atomic E-state index is 0.140. The van der Waals surface area contributed by atoms with Gasteiger partial charge in [-0.05, 0) is 25.5 Å². The van der Waals surface area contributed by atoms with Crippen LogP contribution in [0.5, 0.6) is 0 Å². The van der Waals surface area contributed by atoms with Gasteiger partial charge in [0.05, 0.1) is 5.69 Å². The van der Waals surface area contributed by atoms with Crippen LogP contribution in [-0.2, 0) is 11.3 Å². The summed E-state index contributed by atoms with van der Waals surface area (Å²) >= 11 is 0. The van der Waals surface area contributed by atoms with Crippen molar-refractivity contribution in [1.29, 1.82) is 0 Å². The van der Waals surface area contributed by atoms with Crippen LogP contribution < -0.4 is 5.56 Å². The third-order valence-electron chi connectivity index (χ3n) is 3.32. The molecular formula is C16H19N3O2. The minimum Gasteiger partial charge on any atom is -0.340 e. The fourth-order valence-electron chi connectivity index (χ4n) is 2.16. The first-order valence-corrected chi connectivity index (χ1v) is 6.84. The van der Waals surface area contributed by atoms with Gasteiger partial charge >= 0.3 is 0 Å². The summed E-state index contributed by atoms with van der Waals surface area (Å²) in [6.45, 7) is 3.99. The number of rotatable bonds is 4. The number of aromatic nitrogens is 2. The molecule has 0 bridgehead atoms. The topological polar surface area (TPSA) is 55.2 Å². The molecule has 0 aliphatic rings. The van der Waals surface area contributed by atoms with Gasteiger partial charge in [0, 0.05) is 19.7 Å². The molecular weight excluding hydrogens is 266 g/mol. The van der Waals surface area contributed by atoms with Gasteiger partial charge in [-0.15, -0.1) is 0 Å². The molecule has 1 atom stereocenters. The Bertz CT molecular complexity index is 679. The highest BCUT2D eigenvalue weighted by Crippen LogP contribution is 2.09. The van der Waals surface area contributed by atoms with E-state index in [4.69, 9.17) is 0 Å². The van der Waals surface area contributed by atoms with Crippen molar-refractivity contribution in [3.63, 3.8) is 0 Å². The van der Waals surface area contributed by atoms with Gasteiger partial charge in [0.15, 0.2) is 0 Å². The van der Waals surface area contributed by atoms with Crippen LogP contribution >= 0.6 is 0 Å². The Hall–Kier alpha value is -2.43. The van der Waals surface area contributed by atoms with E-state index in [1.165, 1.54) is 10.7 Å². The second kappa shape index (κ2) is 6.35. The fraction of sp³-hybridized carbons (Fsp3) is 0.312. The van der Waals surface area contributed by atoms with Crippen molar-refractivity contribution in [3.05, 3.63) is 64.1 Å². The molecule has 5 nitrogen and oxygen atoms in total. The maximum absolute atomic E-state index is 12.4. The number of carbonyl (C=O) groups is 1. The smallest absolute Gasteiger partial charge is 0.267 e. The van der Waals surface area contributed by atoms with Crippen molar-refractivity contribution < 1.29 is 4.79 Å². The molecule has 110 valence electrons. The largest absolute Gasteiger partial charge is 0.340 e. The molecule has 0 saturated heterocycles. The number of hydrogen-bond donors (Lipinski definition) is 0. The summed E-state index contributed by atoms with van der Waals surface area (Å²) in [4.78, 5) is 25.9. The average Bonchev–Trinajstić information content (AvgIpc) is 2.49. The summed E-state index contributed by atoms with van der Waals surface area (Å²) < 4.78 is 1.24. The fourth-order valence-corrected chi connectivity index (χ4v) is 2.16. The van der Waals surface area contributed by atoms with Gasteiger partial charge in [-0.25, -0.2) is 4.68 Å². The summed E-state index contributed by atoms with van der Waals surface area (Å²) in [6.07, 6.45) is 0. The summed E-state index contributed by atoms with van der Waals surface area (Å²) in [5.41, 5.74) is 1.49. The van der Waals surface area contributed by atoms with Crippen LogP contribution in [-0.4, -0.2) is 27.6 Å². The molecule has 1 unspecified atom stereocenters. The summed E-state index contributed by atoms with van der Waals surface area (Å²) in [5.74, 6) is -0.140. The first kappa shape index (κ1) is 15.0. The second-order valence-electron chi connectivity index (χ2n) is 5.11. The zero-order chi connectivity index (χ0) is 15.4. The monoisotopic (exact) mass is 285 g/mol. The second-order valence-corrected chi connectivity index (χ2v) is 5.11. The van der Waals surface area contributed by atoms with Crippen LogP contribution in [0.2, 0.25) is 0 Å². The molecule has 21 heavy (non-hydrogen) atoms. The third-order valence-corrected chi connectivity index (χ3v) is 3.32. The molecule has 0 aliphatic carbocycles. The van der Waals surface area contributed by atoms with Gasteiger partial charge in [0.1, 0.15) is 6.04 Å². The molecule has 1 aromatic carbocycles. The average molecular weight is 285 g/mol. The third kappa shape index (κ3) is 3.56. The van der Waals surface area contributed by atoms with Crippen LogP contribution in [0.4, 0.5) is 0 Å². The Morgan fingerprint density at radius 2 is 1.90 bits per heavy atom. The van der Waals surface area contributed by atoms with Gasteiger partial charge in [0.2, 0.25) is 5.91 Å². The lowest BCUT2D eigenvalue weighted by molar-refractivity contribution is -0.133. The first-order chi connectivity index (χ1) is 9.99. The zero-order valence-corrected chi connectivity index (χ0v) is 12.5. The van der Waals surface area contributed by atoms with Gasteiger partial charge in [0.25, 0.3) is 5.56 Å². The van der Waals surface area contributed by atoms with E-state index in [0.717, 1.165) is 5.56 Å². The molecule has 2 aromatic rings. The Kier molecular flexibility index (Phi) is 4.52. The Labute approximate surface area is 123 Å². The Morgan fingerprint density at radius 1 is 1.24 bits per heavy atom. The maximum atomic E-state index is 12.4. The van der Waals surface area contributed by atoms with E-state index in [0.29, 0.717) is 12.2 Å². The summed E-state index contributed by atoms with van der Waals surface area (Å²) in [6, 6.07) is 12.2. The first-order valence-electron chi connectivity index (χ1n) is 6.84. The van der Waals surface area contributed by atoms with E-state index in [-0.39, 0.29) is 11.5 Å². The predicted octanol–water partition coefficient (Wildman–Crippen LogP) is 1.77. The quantitative estimate of drug-likeness (QED) is 0.860. The predicted molar refractivity (Wildman–Crippen MR) is 80.9 cm³/mol. The number of aryl methyl sites for hydroxylation is 1. The van der Waals surface area contributed by atoms with Crippen LogP contribution in [0.1, 0.15) is 24.2 Å². The van der Waals surface area contributed by atoms with Crippen LogP contribution in [0.3, 0.4) is 0 Å². The van der Waals surface area contributed by atoms with Gasteiger partial charge in [-0.3, -0.25) is 9.59 Å². The van der Waals surface area contributed by atoms with Crippen molar-refractivity contribution in [2.45, 2.75) is 26.4 Å². The lowest BCUT2D eigenvalue weighted by Gasteiger charge is -2.22. The lowest BCUT2D eigenvalue weighted by atomic mass is 10.2. The molecule has 2 rings (SSSR count). The van der Waals surface area contributed by atoms with E-state index in [2.05, 4.69) is 5.10 Å². The van der Waals surface area contributed by atoms with Crippen molar-refractivity contribution in [2.75, 3.05) is 7.05 Å². The van der Waals surface area contributed by atoms with Gasteiger partial charge in [-0.2, -0.15) is 5.10 Å².